The molecule has 0 saturated carbocycles. The van der Waals surface area contributed by atoms with Crippen molar-refractivity contribution >= 4 is 28.6 Å². The summed E-state index contributed by atoms with van der Waals surface area (Å²) in [6, 6.07) is 15.2. The standard InChI is InChI=1S/C25H29N3O3/c1-17(2)7-12-23(29)28-15-13-18(14-16-28)24(30)26-20-10-8-19(9-11-20)25-27-21-5-3-4-6-22(21)31-25/h3-6,8-11,17-18H,7,12-16H2,1-2H3,(H,26,30). The summed E-state index contributed by atoms with van der Waals surface area (Å²) in [6.07, 6.45) is 2.93. The van der Waals surface area contributed by atoms with Crippen molar-refractivity contribution in [3.63, 3.8) is 0 Å². The van der Waals surface area contributed by atoms with Crippen LogP contribution in [0.2, 0.25) is 0 Å². The normalized spacial score (nSPS) is 14.9. The van der Waals surface area contributed by atoms with Gasteiger partial charge in [-0.1, -0.05) is 26.0 Å². The molecule has 31 heavy (non-hydrogen) atoms. The molecule has 1 fully saturated rings. The molecule has 0 radical (unpaired) electrons. The number of hydrogen-bond acceptors (Lipinski definition) is 4. The Bertz CT molecular complexity index is 1010. The van der Waals surface area contributed by atoms with E-state index < -0.39 is 0 Å². The Hall–Kier alpha value is -3.15. The van der Waals surface area contributed by atoms with E-state index >= 15 is 0 Å². The van der Waals surface area contributed by atoms with Crippen LogP contribution in [0, 0.1) is 11.8 Å². The van der Waals surface area contributed by atoms with Crippen LogP contribution < -0.4 is 5.32 Å². The lowest BCUT2D eigenvalue weighted by atomic mass is 9.95. The molecule has 1 aliphatic rings. The summed E-state index contributed by atoms with van der Waals surface area (Å²) >= 11 is 0. The van der Waals surface area contributed by atoms with Gasteiger partial charge < -0.3 is 14.6 Å². The molecule has 6 nitrogen and oxygen atoms in total. The Morgan fingerprint density at radius 3 is 2.48 bits per heavy atom. The average molecular weight is 420 g/mol. The zero-order valence-electron chi connectivity index (χ0n) is 18.1. The Morgan fingerprint density at radius 2 is 1.81 bits per heavy atom. The van der Waals surface area contributed by atoms with Gasteiger partial charge in [0.25, 0.3) is 0 Å². The van der Waals surface area contributed by atoms with E-state index in [9.17, 15) is 9.59 Å². The van der Waals surface area contributed by atoms with Gasteiger partial charge in [-0.3, -0.25) is 9.59 Å². The molecule has 0 aliphatic carbocycles. The minimum Gasteiger partial charge on any atom is -0.436 e. The molecule has 6 heteroatoms. The smallest absolute Gasteiger partial charge is 0.227 e. The Kier molecular flexibility index (Phi) is 6.35. The molecule has 0 bridgehead atoms. The molecule has 1 saturated heterocycles. The zero-order chi connectivity index (χ0) is 21.8. The molecule has 1 aliphatic heterocycles. The lowest BCUT2D eigenvalue weighted by Gasteiger charge is -2.31. The SMILES string of the molecule is CC(C)CCC(=O)N1CCC(C(=O)Nc2ccc(-c3nc4ccccc4o3)cc2)CC1. The van der Waals surface area contributed by atoms with Crippen LogP contribution in [0.5, 0.6) is 0 Å². The number of hydrogen-bond donors (Lipinski definition) is 1. The van der Waals surface area contributed by atoms with E-state index in [1.165, 1.54) is 0 Å². The molecule has 4 rings (SSSR count). The monoisotopic (exact) mass is 419 g/mol. The second kappa shape index (κ2) is 9.33. The van der Waals surface area contributed by atoms with Crippen molar-refractivity contribution in [3.8, 4) is 11.5 Å². The summed E-state index contributed by atoms with van der Waals surface area (Å²) in [7, 11) is 0. The van der Waals surface area contributed by atoms with E-state index in [1.54, 1.807) is 0 Å². The Labute approximate surface area is 182 Å². The molecule has 0 spiro atoms. The van der Waals surface area contributed by atoms with Crippen LogP contribution >= 0.6 is 0 Å². The Balaban J connectivity index is 1.30. The molecular weight excluding hydrogens is 390 g/mol. The van der Waals surface area contributed by atoms with Crippen LogP contribution in [0.1, 0.15) is 39.5 Å². The molecule has 2 amide bonds. The van der Waals surface area contributed by atoms with E-state index in [1.807, 2.05) is 53.4 Å². The van der Waals surface area contributed by atoms with E-state index in [4.69, 9.17) is 4.42 Å². The van der Waals surface area contributed by atoms with E-state index in [-0.39, 0.29) is 17.7 Å². The number of fused-ring (bicyclic) bond motifs is 1. The highest BCUT2D eigenvalue weighted by molar-refractivity contribution is 5.93. The molecule has 1 N–H and O–H groups in total. The summed E-state index contributed by atoms with van der Waals surface area (Å²) in [5.41, 5.74) is 3.19. The van der Waals surface area contributed by atoms with Crippen LogP contribution in [0.15, 0.2) is 52.9 Å². The predicted molar refractivity (Wildman–Crippen MR) is 121 cm³/mol. The van der Waals surface area contributed by atoms with Crippen molar-refractivity contribution < 1.29 is 14.0 Å². The fraction of sp³-hybridized carbons (Fsp3) is 0.400. The third-order valence-corrected chi connectivity index (χ3v) is 5.85. The second-order valence-corrected chi connectivity index (χ2v) is 8.64. The molecule has 2 heterocycles. The maximum Gasteiger partial charge on any atom is 0.227 e. The fourth-order valence-electron chi connectivity index (χ4n) is 3.90. The number of piperidine rings is 1. The number of rotatable bonds is 6. The van der Waals surface area contributed by atoms with E-state index in [2.05, 4.69) is 24.1 Å². The van der Waals surface area contributed by atoms with Gasteiger partial charge in [-0.15, -0.1) is 0 Å². The number of para-hydroxylation sites is 2. The van der Waals surface area contributed by atoms with Crippen molar-refractivity contribution in [2.45, 2.75) is 39.5 Å². The highest BCUT2D eigenvalue weighted by Crippen LogP contribution is 2.26. The van der Waals surface area contributed by atoms with Gasteiger partial charge in [0, 0.05) is 36.7 Å². The average Bonchev–Trinajstić information content (AvgIpc) is 3.22. The highest BCUT2D eigenvalue weighted by Gasteiger charge is 2.27. The van der Waals surface area contributed by atoms with Crippen LogP contribution in [0.4, 0.5) is 5.69 Å². The first-order chi connectivity index (χ1) is 15.0. The summed E-state index contributed by atoms with van der Waals surface area (Å²) in [6.45, 7) is 5.57. The summed E-state index contributed by atoms with van der Waals surface area (Å²) in [5, 5.41) is 3.01. The van der Waals surface area contributed by atoms with Crippen molar-refractivity contribution in [2.75, 3.05) is 18.4 Å². The minimum atomic E-state index is -0.0640. The van der Waals surface area contributed by atoms with Gasteiger partial charge in [0.1, 0.15) is 5.52 Å². The maximum atomic E-state index is 12.7. The van der Waals surface area contributed by atoms with Gasteiger partial charge in [0.15, 0.2) is 5.58 Å². The summed E-state index contributed by atoms with van der Waals surface area (Å²) in [4.78, 5) is 31.4. The lowest BCUT2D eigenvalue weighted by molar-refractivity contribution is -0.134. The highest BCUT2D eigenvalue weighted by atomic mass is 16.3. The van der Waals surface area contributed by atoms with Crippen molar-refractivity contribution in [2.24, 2.45) is 11.8 Å². The largest absolute Gasteiger partial charge is 0.436 e. The summed E-state index contributed by atoms with van der Waals surface area (Å²) < 4.78 is 5.80. The number of benzene rings is 2. The first kappa shape index (κ1) is 21.1. The first-order valence-corrected chi connectivity index (χ1v) is 11.0. The van der Waals surface area contributed by atoms with Gasteiger partial charge in [-0.25, -0.2) is 4.98 Å². The van der Waals surface area contributed by atoms with Crippen LogP contribution in [0.3, 0.4) is 0 Å². The van der Waals surface area contributed by atoms with Crippen molar-refractivity contribution in [1.82, 2.24) is 9.88 Å². The van der Waals surface area contributed by atoms with E-state index in [0.717, 1.165) is 28.8 Å². The molecule has 162 valence electrons. The molecule has 2 aromatic carbocycles. The van der Waals surface area contributed by atoms with Crippen LogP contribution in [-0.4, -0.2) is 34.8 Å². The molecule has 1 aromatic heterocycles. The quantitative estimate of drug-likeness (QED) is 0.603. The van der Waals surface area contributed by atoms with Crippen LogP contribution in [0.25, 0.3) is 22.6 Å². The molecule has 0 atom stereocenters. The number of oxazole rings is 1. The number of aromatic nitrogens is 1. The number of nitrogens with one attached hydrogen (secondary N) is 1. The minimum absolute atomic E-state index is 0.0175. The maximum absolute atomic E-state index is 12.7. The van der Waals surface area contributed by atoms with Crippen molar-refractivity contribution in [1.29, 1.82) is 0 Å². The van der Waals surface area contributed by atoms with Gasteiger partial charge in [-0.05, 0) is 61.6 Å². The number of likely N-dealkylation sites (tertiary alicyclic amines) is 1. The van der Waals surface area contributed by atoms with Gasteiger partial charge in [0.2, 0.25) is 17.7 Å². The number of carbonyl (C=O) groups is 2. The zero-order valence-corrected chi connectivity index (χ0v) is 18.1. The lowest BCUT2D eigenvalue weighted by Crippen LogP contribution is -2.41. The number of nitrogens with zero attached hydrogens (tertiary/aromatic N) is 2. The number of amides is 2. The first-order valence-electron chi connectivity index (χ1n) is 11.0. The third kappa shape index (κ3) is 5.13. The molecule has 3 aromatic rings. The summed E-state index contributed by atoms with van der Waals surface area (Å²) in [5.74, 6) is 1.26. The van der Waals surface area contributed by atoms with Gasteiger partial charge >= 0.3 is 0 Å². The molecule has 0 unspecified atom stereocenters. The second-order valence-electron chi connectivity index (χ2n) is 8.64. The fourth-order valence-corrected chi connectivity index (χ4v) is 3.90. The van der Waals surface area contributed by atoms with E-state index in [0.29, 0.717) is 44.2 Å². The molecular formula is C25H29N3O3. The van der Waals surface area contributed by atoms with Crippen molar-refractivity contribution in [3.05, 3.63) is 48.5 Å². The number of anilines is 1. The topological polar surface area (TPSA) is 75.4 Å². The van der Waals surface area contributed by atoms with Gasteiger partial charge in [0.05, 0.1) is 0 Å². The number of carbonyl (C=O) groups excluding carboxylic acids is 2. The Morgan fingerprint density at radius 1 is 1.10 bits per heavy atom. The predicted octanol–water partition coefficient (Wildman–Crippen LogP) is 5.11. The van der Waals surface area contributed by atoms with Gasteiger partial charge in [-0.2, -0.15) is 0 Å². The third-order valence-electron chi connectivity index (χ3n) is 5.85. The van der Waals surface area contributed by atoms with Crippen LogP contribution in [-0.2, 0) is 9.59 Å².